The molecule has 1 N–H and O–H groups in total. The fourth-order valence-corrected chi connectivity index (χ4v) is 2.78. The highest BCUT2D eigenvalue weighted by Gasteiger charge is 2.20. The molecule has 0 radical (unpaired) electrons. The Morgan fingerprint density at radius 1 is 1.20 bits per heavy atom. The number of carbonyl (C=O) groups is 1. The van der Waals surface area contributed by atoms with Crippen molar-refractivity contribution >= 4 is 17.2 Å². The van der Waals surface area contributed by atoms with Crippen LogP contribution in [0.5, 0.6) is 11.5 Å². The van der Waals surface area contributed by atoms with Gasteiger partial charge in [0.2, 0.25) is 0 Å². The van der Waals surface area contributed by atoms with E-state index in [2.05, 4.69) is 10.3 Å². The summed E-state index contributed by atoms with van der Waals surface area (Å²) in [4.78, 5) is 17.5. The lowest BCUT2D eigenvalue weighted by Gasteiger charge is -2.12. The molecule has 130 valence electrons. The number of anilines is 1. The van der Waals surface area contributed by atoms with Crippen LogP contribution in [-0.2, 0) is 6.42 Å². The van der Waals surface area contributed by atoms with Crippen LogP contribution < -0.4 is 14.8 Å². The first-order valence-corrected chi connectivity index (χ1v) is 8.08. The van der Waals surface area contributed by atoms with Gasteiger partial charge < -0.3 is 14.8 Å². The second kappa shape index (κ2) is 6.84. The zero-order valence-corrected chi connectivity index (χ0v) is 14.8. The van der Waals surface area contributed by atoms with Gasteiger partial charge in [0.05, 0.1) is 25.6 Å². The number of hydrogen-bond donors (Lipinski definition) is 1. The molecule has 0 aliphatic carbocycles. The van der Waals surface area contributed by atoms with Crippen molar-refractivity contribution < 1.29 is 14.3 Å². The van der Waals surface area contributed by atoms with Crippen molar-refractivity contribution in [3.8, 4) is 11.5 Å². The highest BCUT2D eigenvalue weighted by Crippen LogP contribution is 2.29. The van der Waals surface area contributed by atoms with Crippen molar-refractivity contribution in [3.05, 3.63) is 53.5 Å². The van der Waals surface area contributed by atoms with Crippen LogP contribution in [0, 0.1) is 6.92 Å². The fourth-order valence-electron chi connectivity index (χ4n) is 2.78. The molecule has 0 unspecified atom stereocenters. The Morgan fingerprint density at radius 3 is 2.68 bits per heavy atom. The molecule has 1 aromatic carbocycles. The van der Waals surface area contributed by atoms with E-state index in [1.54, 1.807) is 32.4 Å². The first-order chi connectivity index (χ1) is 12.1. The summed E-state index contributed by atoms with van der Waals surface area (Å²) in [6.45, 7) is 3.98. The number of benzene rings is 1. The lowest BCUT2D eigenvalue weighted by atomic mass is 10.2. The minimum Gasteiger partial charge on any atom is -0.497 e. The number of imidazole rings is 1. The standard InChI is InChI=1S/C19H21N3O3/c1-5-14-18(22-9-8-12(2)10-17(22)20-14)19(23)21-15-11-13(24-3)6-7-16(15)25-4/h6-11H,5H2,1-4H3,(H,21,23). The number of methoxy groups -OCH3 is 2. The van der Waals surface area contributed by atoms with Gasteiger partial charge in [-0.2, -0.15) is 0 Å². The summed E-state index contributed by atoms with van der Waals surface area (Å²) >= 11 is 0. The van der Waals surface area contributed by atoms with E-state index in [9.17, 15) is 4.79 Å². The highest BCUT2D eigenvalue weighted by atomic mass is 16.5. The average molecular weight is 339 g/mol. The maximum absolute atomic E-state index is 13.0. The minimum atomic E-state index is -0.236. The number of nitrogens with one attached hydrogen (secondary N) is 1. The van der Waals surface area contributed by atoms with Gasteiger partial charge in [-0.1, -0.05) is 6.92 Å². The predicted molar refractivity (Wildman–Crippen MR) is 96.8 cm³/mol. The first kappa shape index (κ1) is 16.8. The number of aromatic nitrogens is 2. The first-order valence-electron chi connectivity index (χ1n) is 8.08. The number of ether oxygens (including phenoxy) is 2. The zero-order valence-electron chi connectivity index (χ0n) is 14.8. The molecule has 1 amide bonds. The lowest BCUT2D eigenvalue weighted by Crippen LogP contribution is -2.17. The Hall–Kier alpha value is -3.02. The van der Waals surface area contributed by atoms with Gasteiger partial charge in [-0.3, -0.25) is 9.20 Å². The average Bonchev–Trinajstić information content (AvgIpc) is 2.99. The lowest BCUT2D eigenvalue weighted by molar-refractivity contribution is 0.102. The van der Waals surface area contributed by atoms with Gasteiger partial charge in [0.25, 0.3) is 5.91 Å². The van der Waals surface area contributed by atoms with Crippen molar-refractivity contribution in [1.82, 2.24) is 9.38 Å². The minimum absolute atomic E-state index is 0.236. The molecular formula is C19H21N3O3. The van der Waals surface area contributed by atoms with Gasteiger partial charge in [-0.25, -0.2) is 4.98 Å². The molecule has 0 bridgehead atoms. The quantitative estimate of drug-likeness (QED) is 0.773. The van der Waals surface area contributed by atoms with Gasteiger partial charge in [-0.15, -0.1) is 0 Å². The van der Waals surface area contributed by atoms with E-state index in [0.717, 1.165) is 16.9 Å². The number of amides is 1. The molecule has 0 saturated heterocycles. The van der Waals surface area contributed by atoms with Crippen LogP contribution in [0.3, 0.4) is 0 Å². The highest BCUT2D eigenvalue weighted by molar-refractivity contribution is 6.05. The molecule has 3 aromatic rings. The summed E-state index contributed by atoms with van der Waals surface area (Å²) in [5.74, 6) is 0.970. The van der Waals surface area contributed by atoms with Crippen LogP contribution in [0.15, 0.2) is 36.5 Å². The molecule has 0 saturated carbocycles. The predicted octanol–water partition coefficient (Wildman–Crippen LogP) is 3.47. The van der Waals surface area contributed by atoms with Gasteiger partial charge in [0.15, 0.2) is 0 Å². The van der Waals surface area contributed by atoms with Crippen LogP contribution in [0.2, 0.25) is 0 Å². The van der Waals surface area contributed by atoms with Gasteiger partial charge >= 0.3 is 0 Å². The zero-order chi connectivity index (χ0) is 18.0. The number of hydrogen-bond acceptors (Lipinski definition) is 4. The normalized spacial score (nSPS) is 10.7. The number of rotatable bonds is 5. The molecule has 2 aromatic heterocycles. The van der Waals surface area contributed by atoms with Crippen molar-refractivity contribution in [1.29, 1.82) is 0 Å². The summed E-state index contributed by atoms with van der Waals surface area (Å²) in [6.07, 6.45) is 2.53. The van der Waals surface area contributed by atoms with E-state index in [1.807, 2.05) is 36.6 Å². The van der Waals surface area contributed by atoms with E-state index in [-0.39, 0.29) is 5.91 Å². The summed E-state index contributed by atoms with van der Waals surface area (Å²) in [5.41, 5.74) is 3.70. The van der Waals surface area contributed by atoms with E-state index >= 15 is 0 Å². The van der Waals surface area contributed by atoms with Gasteiger partial charge in [0, 0.05) is 12.3 Å². The Morgan fingerprint density at radius 2 is 2.00 bits per heavy atom. The summed E-state index contributed by atoms with van der Waals surface area (Å²) in [7, 11) is 3.14. The van der Waals surface area contributed by atoms with Crippen molar-refractivity contribution in [2.75, 3.05) is 19.5 Å². The number of nitrogens with zero attached hydrogens (tertiary/aromatic N) is 2. The van der Waals surface area contributed by atoms with Crippen LogP contribution >= 0.6 is 0 Å². The molecule has 6 nitrogen and oxygen atoms in total. The molecule has 6 heteroatoms. The molecule has 0 spiro atoms. The number of pyridine rings is 1. The summed E-state index contributed by atoms with van der Waals surface area (Å²) < 4.78 is 12.4. The third-order valence-electron chi connectivity index (χ3n) is 4.06. The third kappa shape index (κ3) is 3.15. The van der Waals surface area contributed by atoms with E-state index in [4.69, 9.17) is 9.47 Å². The maximum atomic E-state index is 13.0. The van der Waals surface area contributed by atoms with Crippen molar-refractivity contribution in [3.63, 3.8) is 0 Å². The smallest absolute Gasteiger partial charge is 0.274 e. The Kier molecular flexibility index (Phi) is 4.61. The number of fused-ring (bicyclic) bond motifs is 1. The van der Waals surface area contributed by atoms with E-state index in [1.165, 1.54) is 0 Å². The Labute approximate surface area is 146 Å². The Bertz CT molecular complexity index is 931. The number of aryl methyl sites for hydroxylation is 2. The van der Waals surface area contributed by atoms with Crippen molar-refractivity contribution in [2.24, 2.45) is 0 Å². The molecule has 0 atom stereocenters. The third-order valence-corrected chi connectivity index (χ3v) is 4.06. The van der Waals surface area contributed by atoms with Gasteiger partial charge in [-0.05, 0) is 43.2 Å². The molecule has 3 rings (SSSR count). The van der Waals surface area contributed by atoms with Gasteiger partial charge in [0.1, 0.15) is 22.8 Å². The van der Waals surface area contributed by atoms with Crippen molar-refractivity contribution in [2.45, 2.75) is 20.3 Å². The van der Waals surface area contributed by atoms with Crippen LogP contribution in [-0.4, -0.2) is 29.5 Å². The van der Waals surface area contributed by atoms with E-state index < -0.39 is 0 Å². The topological polar surface area (TPSA) is 64.9 Å². The van der Waals surface area contributed by atoms with E-state index in [0.29, 0.717) is 29.3 Å². The fraction of sp³-hybridized carbons (Fsp3) is 0.263. The van der Waals surface area contributed by atoms with Crippen LogP contribution in [0.25, 0.3) is 5.65 Å². The second-order valence-corrected chi connectivity index (χ2v) is 5.71. The summed E-state index contributed by atoms with van der Waals surface area (Å²) in [5, 5.41) is 2.92. The SMILES string of the molecule is CCc1nc2cc(C)ccn2c1C(=O)Nc1cc(OC)ccc1OC. The molecular weight excluding hydrogens is 318 g/mol. The monoisotopic (exact) mass is 339 g/mol. The molecule has 0 fully saturated rings. The molecule has 25 heavy (non-hydrogen) atoms. The number of carbonyl (C=O) groups excluding carboxylic acids is 1. The largest absolute Gasteiger partial charge is 0.497 e. The van der Waals surface area contributed by atoms with Crippen LogP contribution in [0.1, 0.15) is 28.7 Å². The second-order valence-electron chi connectivity index (χ2n) is 5.71. The van der Waals surface area contributed by atoms with Crippen LogP contribution in [0.4, 0.5) is 5.69 Å². The molecule has 0 aliphatic rings. The maximum Gasteiger partial charge on any atom is 0.274 e. The molecule has 2 heterocycles. The summed E-state index contributed by atoms with van der Waals surface area (Å²) in [6, 6.07) is 9.19. The molecule has 0 aliphatic heterocycles. The Balaban J connectivity index is 2.03.